The van der Waals surface area contributed by atoms with E-state index in [1.807, 2.05) is 42.5 Å². The molecule has 208 valence electrons. The quantitative estimate of drug-likeness (QED) is 0.361. The van der Waals surface area contributed by atoms with Crippen molar-refractivity contribution in [1.29, 1.82) is 0 Å². The first-order valence-corrected chi connectivity index (χ1v) is 13.0. The van der Waals surface area contributed by atoms with Crippen molar-refractivity contribution in [2.45, 2.75) is 12.5 Å². The summed E-state index contributed by atoms with van der Waals surface area (Å²) >= 11 is 0. The fourth-order valence-corrected chi connectivity index (χ4v) is 4.68. The molecule has 10 nitrogen and oxygen atoms in total. The Hall–Kier alpha value is -4.18. The molecule has 0 unspecified atom stereocenters. The highest BCUT2D eigenvalue weighted by Crippen LogP contribution is 2.28. The van der Waals surface area contributed by atoms with Gasteiger partial charge < -0.3 is 34.2 Å². The molecule has 1 saturated heterocycles. The first kappa shape index (κ1) is 27.8. The Morgan fingerprint density at radius 1 is 0.872 bits per heavy atom. The van der Waals surface area contributed by atoms with E-state index in [2.05, 4.69) is 32.6 Å². The van der Waals surface area contributed by atoms with E-state index in [0.717, 1.165) is 48.9 Å². The summed E-state index contributed by atoms with van der Waals surface area (Å²) in [6, 6.07) is 17.2. The van der Waals surface area contributed by atoms with E-state index >= 15 is 0 Å². The molecule has 0 radical (unpaired) electrons. The summed E-state index contributed by atoms with van der Waals surface area (Å²) in [5, 5.41) is 5.48. The third kappa shape index (κ3) is 7.23. The van der Waals surface area contributed by atoms with Crippen LogP contribution in [0.3, 0.4) is 0 Å². The molecular formula is C29H36N4O6. The van der Waals surface area contributed by atoms with Gasteiger partial charge in [0, 0.05) is 45.0 Å². The molecule has 0 saturated carbocycles. The lowest BCUT2D eigenvalue weighted by Gasteiger charge is -2.39. The van der Waals surface area contributed by atoms with Gasteiger partial charge in [-0.3, -0.25) is 14.5 Å². The number of ether oxygens (including phenoxy) is 3. The van der Waals surface area contributed by atoms with Gasteiger partial charge in [-0.25, -0.2) is 0 Å². The number of nitrogens with one attached hydrogen (secondary N) is 2. The maximum Gasteiger partial charge on any atom is 0.309 e. The van der Waals surface area contributed by atoms with Gasteiger partial charge in [-0.1, -0.05) is 6.07 Å². The van der Waals surface area contributed by atoms with Crippen molar-refractivity contribution < 1.29 is 28.2 Å². The van der Waals surface area contributed by atoms with E-state index in [1.54, 1.807) is 27.6 Å². The number of carbonyl (C=O) groups is 2. The highest BCUT2D eigenvalue weighted by molar-refractivity contribution is 6.35. The van der Waals surface area contributed by atoms with Gasteiger partial charge in [0.2, 0.25) is 0 Å². The van der Waals surface area contributed by atoms with E-state index < -0.39 is 11.8 Å². The van der Waals surface area contributed by atoms with Gasteiger partial charge in [-0.05, 0) is 60.5 Å². The third-order valence-electron chi connectivity index (χ3n) is 6.87. The van der Waals surface area contributed by atoms with E-state index in [9.17, 15) is 9.59 Å². The number of hydrogen-bond acceptors (Lipinski definition) is 8. The zero-order valence-corrected chi connectivity index (χ0v) is 22.6. The fourth-order valence-electron chi connectivity index (χ4n) is 4.68. The molecule has 1 fully saturated rings. The zero-order valence-electron chi connectivity index (χ0n) is 22.6. The molecule has 0 aliphatic carbocycles. The number of anilines is 1. The molecule has 0 spiro atoms. The predicted octanol–water partition coefficient (Wildman–Crippen LogP) is 2.64. The van der Waals surface area contributed by atoms with Gasteiger partial charge in [0.25, 0.3) is 0 Å². The molecule has 1 aliphatic rings. The molecule has 1 aromatic heterocycles. The summed E-state index contributed by atoms with van der Waals surface area (Å²) in [4.78, 5) is 29.6. The normalized spacial score (nSPS) is 14.4. The molecule has 4 rings (SSSR count). The second kappa shape index (κ2) is 13.6. The largest absolute Gasteiger partial charge is 0.497 e. The van der Waals surface area contributed by atoms with Crippen molar-refractivity contribution in [3.63, 3.8) is 0 Å². The van der Waals surface area contributed by atoms with Gasteiger partial charge in [0.15, 0.2) is 11.5 Å². The van der Waals surface area contributed by atoms with Crippen molar-refractivity contribution in [2.75, 3.05) is 65.5 Å². The van der Waals surface area contributed by atoms with Crippen molar-refractivity contribution >= 4 is 17.5 Å². The predicted molar refractivity (Wildman–Crippen MR) is 147 cm³/mol. The van der Waals surface area contributed by atoms with Crippen molar-refractivity contribution in [3.8, 4) is 17.2 Å². The summed E-state index contributed by atoms with van der Waals surface area (Å²) < 4.78 is 21.5. The molecule has 0 bridgehead atoms. The van der Waals surface area contributed by atoms with Crippen LogP contribution >= 0.6 is 0 Å². The molecule has 2 heterocycles. The minimum Gasteiger partial charge on any atom is -0.497 e. The maximum atomic E-state index is 12.6. The summed E-state index contributed by atoms with van der Waals surface area (Å²) in [6.07, 6.45) is 2.17. The smallest absolute Gasteiger partial charge is 0.309 e. The number of piperazine rings is 1. The van der Waals surface area contributed by atoms with Crippen LogP contribution in [0.5, 0.6) is 17.2 Å². The monoisotopic (exact) mass is 536 g/mol. The van der Waals surface area contributed by atoms with Crippen LogP contribution in [0, 0.1) is 0 Å². The molecule has 1 atom stereocenters. The molecule has 1 aliphatic heterocycles. The fraction of sp³-hybridized carbons (Fsp3) is 0.379. The van der Waals surface area contributed by atoms with Gasteiger partial charge in [-0.2, -0.15) is 0 Å². The Labute approximate surface area is 228 Å². The van der Waals surface area contributed by atoms with Crippen LogP contribution in [0.25, 0.3) is 0 Å². The lowest BCUT2D eigenvalue weighted by molar-refractivity contribution is -0.139. The van der Waals surface area contributed by atoms with Crippen molar-refractivity contribution in [1.82, 2.24) is 15.5 Å². The number of furan rings is 1. The summed E-state index contributed by atoms with van der Waals surface area (Å²) in [5.41, 5.74) is 2.10. The number of rotatable bonds is 11. The number of carbonyl (C=O) groups excluding carboxylic acids is 2. The zero-order chi connectivity index (χ0) is 27.6. The Morgan fingerprint density at radius 3 is 2.23 bits per heavy atom. The highest BCUT2D eigenvalue weighted by Gasteiger charge is 2.28. The average Bonchev–Trinajstić information content (AvgIpc) is 3.52. The van der Waals surface area contributed by atoms with Crippen LogP contribution in [0.2, 0.25) is 0 Å². The van der Waals surface area contributed by atoms with E-state index in [4.69, 9.17) is 18.6 Å². The van der Waals surface area contributed by atoms with Gasteiger partial charge >= 0.3 is 11.8 Å². The average molecular weight is 537 g/mol. The number of benzene rings is 2. The third-order valence-corrected chi connectivity index (χ3v) is 6.87. The van der Waals surface area contributed by atoms with Crippen molar-refractivity contribution in [2.24, 2.45) is 0 Å². The lowest BCUT2D eigenvalue weighted by atomic mass is 10.1. The van der Waals surface area contributed by atoms with Crippen LogP contribution in [0.15, 0.2) is 65.3 Å². The maximum absolute atomic E-state index is 12.6. The van der Waals surface area contributed by atoms with E-state index in [0.29, 0.717) is 24.5 Å². The Bertz CT molecular complexity index is 1210. The second-order valence-corrected chi connectivity index (χ2v) is 9.16. The topological polar surface area (TPSA) is 106 Å². The summed E-state index contributed by atoms with van der Waals surface area (Å²) in [7, 11) is 4.81. The molecule has 2 aromatic carbocycles. The van der Waals surface area contributed by atoms with Gasteiger partial charge in [0.1, 0.15) is 11.5 Å². The number of amides is 2. The molecule has 3 aromatic rings. The van der Waals surface area contributed by atoms with Crippen LogP contribution in [-0.4, -0.2) is 77.3 Å². The number of hydrogen-bond donors (Lipinski definition) is 2. The lowest BCUT2D eigenvalue weighted by Crippen LogP contribution is -2.50. The molecule has 2 amide bonds. The Balaban J connectivity index is 1.27. The number of methoxy groups -OCH3 is 3. The minimum absolute atomic E-state index is 0.179. The van der Waals surface area contributed by atoms with Gasteiger partial charge in [0.05, 0.1) is 33.6 Å². The molecular weight excluding hydrogens is 500 g/mol. The van der Waals surface area contributed by atoms with Gasteiger partial charge in [-0.15, -0.1) is 0 Å². The summed E-state index contributed by atoms with van der Waals surface area (Å²) in [6.45, 7) is 3.80. The minimum atomic E-state index is -0.671. The van der Waals surface area contributed by atoms with E-state index in [1.165, 1.54) is 0 Å². The second-order valence-electron chi connectivity index (χ2n) is 9.16. The highest BCUT2D eigenvalue weighted by atomic mass is 16.5. The van der Waals surface area contributed by atoms with Crippen LogP contribution in [0.1, 0.15) is 17.4 Å². The van der Waals surface area contributed by atoms with Crippen LogP contribution in [-0.2, 0) is 16.0 Å². The molecule has 2 N–H and O–H groups in total. The van der Waals surface area contributed by atoms with Crippen molar-refractivity contribution in [3.05, 3.63) is 72.2 Å². The summed E-state index contributed by atoms with van der Waals surface area (Å²) in [5.74, 6) is 1.50. The first-order valence-electron chi connectivity index (χ1n) is 13.0. The van der Waals surface area contributed by atoms with E-state index in [-0.39, 0.29) is 12.6 Å². The van der Waals surface area contributed by atoms with Crippen LogP contribution in [0.4, 0.5) is 5.69 Å². The Morgan fingerprint density at radius 2 is 1.59 bits per heavy atom. The van der Waals surface area contributed by atoms with Crippen LogP contribution < -0.4 is 29.7 Å². The number of nitrogens with zero attached hydrogens (tertiary/aromatic N) is 2. The molecule has 10 heteroatoms. The SMILES string of the molecule is COc1ccc(N2CCN([C@@H](CNC(=O)C(=O)NCCc3ccc(OC)c(OC)c3)c3ccco3)CC2)cc1. The molecule has 39 heavy (non-hydrogen) atoms. The standard InChI is InChI=1S/C29H36N4O6/c1-36-23-9-7-22(8-10-23)32-14-16-33(17-15-32)24(25-5-4-18-39-25)20-31-29(35)28(34)30-13-12-21-6-11-26(37-2)27(19-21)38-3/h4-11,18-19,24H,12-17,20H2,1-3H3,(H,30,34)(H,31,35)/t24-/m0/s1. The first-order chi connectivity index (χ1) is 19.0. The Kier molecular flexibility index (Phi) is 9.69.